The predicted octanol–water partition coefficient (Wildman–Crippen LogP) is 5.14. The smallest absolute Gasteiger partial charge is 0.306 e. The number of aryl methyl sites for hydroxylation is 2. The van der Waals surface area contributed by atoms with E-state index >= 15 is 0 Å². The first-order chi connectivity index (χ1) is 17.3. The Labute approximate surface area is 222 Å². The molecular weight excluding hydrogens is 494 g/mol. The maximum Gasteiger partial charge on any atom is 0.306 e. The summed E-state index contributed by atoms with van der Waals surface area (Å²) in [6, 6.07) is 2.13. The molecule has 37 heavy (non-hydrogen) atoms. The quantitative estimate of drug-likeness (QED) is 0.220. The van der Waals surface area contributed by atoms with Crippen LogP contribution in [0.15, 0.2) is 6.07 Å². The molecule has 9 heteroatoms. The minimum atomic E-state index is -3.10. The fourth-order valence-electron chi connectivity index (χ4n) is 4.92. The Morgan fingerprint density at radius 3 is 2.22 bits per heavy atom. The number of hydrogen-bond donors (Lipinski definition) is 2. The van der Waals surface area contributed by atoms with Crippen molar-refractivity contribution in [3.63, 3.8) is 0 Å². The molecule has 2 rings (SSSR count). The predicted molar refractivity (Wildman–Crippen MR) is 145 cm³/mol. The fourth-order valence-corrected chi connectivity index (χ4v) is 5.44. The van der Waals surface area contributed by atoms with Gasteiger partial charge in [-0.25, -0.2) is 13.1 Å². The summed E-state index contributed by atoms with van der Waals surface area (Å²) < 4.78 is 37.1. The van der Waals surface area contributed by atoms with Crippen LogP contribution in [0.25, 0.3) is 0 Å². The summed E-state index contributed by atoms with van der Waals surface area (Å²) in [6.07, 6.45) is 9.94. The minimum Gasteiger partial charge on any atom is -0.483 e. The SMILES string of the molecule is Cc1cc(C)c2c(c1C)O[C@](C)(CCCCCCCCCCNS(C)(=O)=O)C(OC(=O)CCC(=O)O)C2. The average Bonchev–Trinajstić information content (AvgIpc) is 2.80. The van der Waals surface area contributed by atoms with Gasteiger partial charge in [0.15, 0.2) is 0 Å². The van der Waals surface area contributed by atoms with E-state index in [0.717, 1.165) is 80.2 Å². The minimum absolute atomic E-state index is 0.148. The monoisotopic (exact) mass is 539 g/mol. The Bertz CT molecular complexity index is 1040. The Morgan fingerprint density at radius 1 is 1.03 bits per heavy atom. The molecule has 1 aliphatic heterocycles. The number of carboxylic acid groups (broad SMARTS) is 1. The number of fused-ring (bicyclic) bond motifs is 1. The third kappa shape index (κ3) is 10.3. The van der Waals surface area contributed by atoms with Crippen molar-refractivity contribution < 1.29 is 32.6 Å². The van der Waals surface area contributed by atoms with Crippen molar-refractivity contribution in [1.29, 1.82) is 0 Å². The highest BCUT2D eigenvalue weighted by atomic mass is 32.2. The molecule has 1 heterocycles. The molecule has 0 radical (unpaired) electrons. The number of carbonyl (C=O) groups is 2. The van der Waals surface area contributed by atoms with Crippen LogP contribution < -0.4 is 9.46 Å². The average molecular weight is 540 g/mol. The second-order valence-corrected chi connectivity index (χ2v) is 12.5. The van der Waals surface area contributed by atoms with Crippen molar-refractivity contribution in [3.05, 3.63) is 28.3 Å². The topological polar surface area (TPSA) is 119 Å². The Hall–Kier alpha value is -2.13. The third-order valence-corrected chi connectivity index (χ3v) is 8.03. The molecule has 2 N–H and O–H groups in total. The van der Waals surface area contributed by atoms with Crippen LogP contribution in [-0.4, -0.2) is 50.0 Å². The van der Waals surface area contributed by atoms with E-state index in [0.29, 0.717) is 13.0 Å². The molecule has 2 atom stereocenters. The van der Waals surface area contributed by atoms with Crippen LogP contribution in [0.2, 0.25) is 0 Å². The van der Waals surface area contributed by atoms with E-state index in [1.54, 1.807) is 0 Å². The standard InChI is InChI=1S/C28H45NO7S/c1-20-18-21(2)23-19-24(35-26(32)15-14-25(30)31)28(4,36-27(23)22(20)3)16-12-10-8-6-7-9-11-13-17-29-37(5,33)34/h18,24,29H,6-17,19H2,1-5H3,(H,30,31)/t24?,28-/m1/s1. The molecule has 1 unspecified atom stereocenters. The molecule has 0 fully saturated rings. The van der Waals surface area contributed by atoms with Gasteiger partial charge in [-0.15, -0.1) is 0 Å². The van der Waals surface area contributed by atoms with Crippen LogP contribution in [-0.2, 0) is 30.8 Å². The maximum atomic E-state index is 12.4. The molecule has 0 amide bonds. The first kappa shape index (κ1) is 31.1. The molecule has 1 aliphatic rings. The Kier molecular flexibility index (Phi) is 11.9. The first-order valence-electron chi connectivity index (χ1n) is 13.5. The molecule has 1 aromatic rings. The van der Waals surface area contributed by atoms with Crippen molar-refractivity contribution in [2.24, 2.45) is 0 Å². The summed E-state index contributed by atoms with van der Waals surface area (Å²) in [7, 11) is -3.10. The molecular formula is C28H45NO7S. The normalized spacial score (nSPS) is 19.2. The van der Waals surface area contributed by atoms with Gasteiger partial charge in [0.25, 0.3) is 0 Å². The number of aliphatic carboxylic acids is 1. The number of esters is 1. The number of nitrogens with one attached hydrogen (secondary N) is 1. The van der Waals surface area contributed by atoms with Crippen LogP contribution in [0.3, 0.4) is 0 Å². The zero-order chi connectivity index (χ0) is 27.6. The largest absolute Gasteiger partial charge is 0.483 e. The van der Waals surface area contributed by atoms with Crippen LogP contribution in [0.5, 0.6) is 5.75 Å². The van der Waals surface area contributed by atoms with Gasteiger partial charge in [0.2, 0.25) is 10.0 Å². The van der Waals surface area contributed by atoms with Gasteiger partial charge in [-0.1, -0.05) is 44.6 Å². The van der Waals surface area contributed by atoms with Gasteiger partial charge >= 0.3 is 11.9 Å². The van der Waals surface area contributed by atoms with Gasteiger partial charge in [0, 0.05) is 18.5 Å². The number of rotatable bonds is 16. The summed E-state index contributed by atoms with van der Waals surface area (Å²) >= 11 is 0. The van der Waals surface area contributed by atoms with E-state index in [-0.39, 0.29) is 12.8 Å². The molecule has 0 spiro atoms. The number of carboxylic acids is 1. The van der Waals surface area contributed by atoms with Crippen molar-refractivity contribution in [2.75, 3.05) is 12.8 Å². The summed E-state index contributed by atoms with van der Waals surface area (Å²) in [5, 5.41) is 8.92. The Balaban J connectivity index is 1.89. The van der Waals surface area contributed by atoms with Crippen molar-refractivity contribution in [2.45, 2.75) is 116 Å². The molecule has 8 nitrogen and oxygen atoms in total. The van der Waals surface area contributed by atoms with Crippen molar-refractivity contribution in [3.8, 4) is 5.75 Å². The summed E-state index contributed by atoms with van der Waals surface area (Å²) in [5.41, 5.74) is 3.77. The summed E-state index contributed by atoms with van der Waals surface area (Å²) in [5.74, 6) is -0.625. The van der Waals surface area contributed by atoms with Gasteiger partial charge in [-0.2, -0.15) is 0 Å². The summed E-state index contributed by atoms with van der Waals surface area (Å²) in [4.78, 5) is 23.3. The zero-order valence-electron chi connectivity index (χ0n) is 23.2. The molecule has 0 bridgehead atoms. The molecule has 0 aliphatic carbocycles. The highest BCUT2D eigenvalue weighted by Gasteiger charge is 2.44. The second kappa shape index (κ2) is 14.1. The van der Waals surface area contributed by atoms with Gasteiger partial charge < -0.3 is 14.6 Å². The molecule has 1 aromatic carbocycles. The summed E-state index contributed by atoms with van der Waals surface area (Å²) in [6.45, 7) is 8.69. The molecule has 0 saturated heterocycles. The number of hydrogen-bond acceptors (Lipinski definition) is 6. The van der Waals surface area contributed by atoms with Gasteiger partial charge in [-0.05, 0) is 63.6 Å². The van der Waals surface area contributed by atoms with Crippen molar-refractivity contribution >= 4 is 22.0 Å². The zero-order valence-corrected chi connectivity index (χ0v) is 24.0. The van der Waals surface area contributed by atoms with E-state index in [2.05, 4.69) is 24.6 Å². The van der Waals surface area contributed by atoms with Crippen LogP contribution in [0, 0.1) is 20.8 Å². The maximum absolute atomic E-state index is 12.4. The van der Waals surface area contributed by atoms with Gasteiger partial charge in [-0.3, -0.25) is 9.59 Å². The number of carbonyl (C=O) groups excluding carboxylic acids is 1. The lowest BCUT2D eigenvalue weighted by atomic mass is 9.82. The van der Waals surface area contributed by atoms with Crippen LogP contribution in [0.4, 0.5) is 0 Å². The molecule has 0 saturated carbocycles. The number of ether oxygens (including phenoxy) is 2. The van der Waals surface area contributed by atoms with Crippen LogP contribution >= 0.6 is 0 Å². The van der Waals surface area contributed by atoms with E-state index in [1.165, 1.54) is 11.8 Å². The van der Waals surface area contributed by atoms with E-state index in [4.69, 9.17) is 14.6 Å². The Morgan fingerprint density at radius 2 is 1.62 bits per heavy atom. The molecule has 0 aromatic heterocycles. The molecule has 210 valence electrons. The van der Waals surface area contributed by atoms with E-state index in [1.807, 2.05) is 13.8 Å². The van der Waals surface area contributed by atoms with E-state index < -0.39 is 33.7 Å². The number of benzene rings is 1. The lowest BCUT2D eigenvalue weighted by Gasteiger charge is -2.43. The van der Waals surface area contributed by atoms with Crippen LogP contribution in [0.1, 0.15) is 99.8 Å². The van der Waals surface area contributed by atoms with Gasteiger partial charge in [0.05, 0.1) is 19.1 Å². The highest BCUT2D eigenvalue weighted by molar-refractivity contribution is 7.88. The van der Waals surface area contributed by atoms with Gasteiger partial charge in [0.1, 0.15) is 17.5 Å². The lowest BCUT2D eigenvalue weighted by molar-refractivity contribution is -0.165. The third-order valence-electron chi connectivity index (χ3n) is 7.30. The fraction of sp³-hybridized carbons (Fsp3) is 0.714. The highest BCUT2D eigenvalue weighted by Crippen LogP contribution is 2.42. The van der Waals surface area contributed by atoms with E-state index in [9.17, 15) is 18.0 Å². The first-order valence-corrected chi connectivity index (χ1v) is 15.4. The lowest BCUT2D eigenvalue weighted by Crippen LogP contribution is -2.51. The number of unbranched alkanes of at least 4 members (excludes halogenated alkanes) is 7. The second-order valence-electron chi connectivity index (χ2n) is 10.7. The van der Waals surface area contributed by atoms with Crippen molar-refractivity contribution in [1.82, 2.24) is 4.72 Å². The number of sulfonamides is 1.